The number of sulfonamides is 1. The highest BCUT2D eigenvalue weighted by atomic mass is 32.2. The molecular formula is C20H18N2O5S. The lowest BCUT2D eigenvalue weighted by Crippen LogP contribution is -2.51. The lowest BCUT2D eigenvalue weighted by molar-refractivity contribution is -0.133. The van der Waals surface area contributed by atoms with Gasteiger partial charge >= 0.3 is 0 Å². The molecule has 1 unspecified atom stereocenters. The van der Waals surface area contributed by atoms with Crippen molar-refractivity contribution < 1.29 is 22.8 Å². The van der Waals surface area contributed by atoms with Crippen molar-refractivity contribution in [3.05, 3.63) is 78.3 Å². The molecule has 1 amide bonds. The molecule has 0 spiro atoms. The molecule has 1 aliphatic rings. The first-order valence-corrected chi connectivity index (χ1v) is 10.1. The Bertz CT molecular complexity index is 1090. The van der Waals surface area contributed by atoms with E-state index in [1.807, 2.05) is 30.3 Å². The Balaban J connectivity index is 1.69. The van der Waals surface area contributed by atoms with Crippen LogP contribution in [0, 0.1) is 0 Å². The van der Waals surface area contributed by atoms with E-state index in [0.29, 0.717) is 5.76 Å². The fourth-order valence-corrected chi connectivity index (χ4v) is 4.93. The molecular weight excluding hydrogens is 380 g/mol. The van der Waals surface area contributed by atoms with Gasteiger partial charge in [0, 0.05) is 6.42 Å². The van der Waals surface area contributed by atoms with Crippen LogP contribution in [0.25, 0.3) is 11.1 Å². The highest BCUT2D eigenvalue weighted by molar-refractivity contribution is 7.89. The van der Waals surface area contributed by atoms with Gasteiger partial charge in [-0.15, -0.1) is 0 Å². The van der Waals surface area contributed by atoms with E-state index in [0.717, 1.165) is 21.0 Å². The van der Waals surface area contributed by atoms with E-state index >= 15 is 0 Å². The number of hydrogen-bond acceptors (Lipinski definition) is 5. The molecule has 0 bridgehead atoms. The molecule has 0 radical (unpaired) electrons. The zero-order valence-electron chi connectivity index (χ0n) is 14.8. The van der Waals surface area contributed by atoms with Crippen LogP contribution >= 0.6 is 0 Å². The van der Waals surface area contributed by atoms with Crippen molar-refractivity contribution in [3.63, 3.8) is 0 Å². The summed E-state index contributed by atoms with van der Waals surface area (Å²) in [7, 11) is -3.98. The van der Waals surface area contributed by atoms with Crippen LogP contribution in [-0.2, 0) is 27.8 Å². The smallest absolute Gasteiger partial charge is 0.262 e. The molecule has 1 aliphatic heterocycles. The summed E-state index contributed by atoms with van der Waals surface area (Å²) < 4.78 is 32.9. The first kappa shape index (κ1) is 18.4. The van der Waals surface area contributed by atoms with Gasteiger partial charge in [0.2, 0.25) is 10.0 Å². The second kappa shape index (κ2) is 7.23. The Morgan fingerprint density at radius 3 is 2.39 bits per heavy atom. The average Bonchev–Trinajstić information content (AvgIpc) is 3.20. The number of nitrogens with zero attached hydrogens (tertiary/aromatic N) is 1. The molecule has 0 saturated heterocycles. The largest absolute Gasteiger partial charge is 0.468 e. The number of fused-ring (bicyclic) bond motifs is 1. The van der Waals surface area contributed by atoms with Crippen molar-refractivity contribution in [2.45, 2.75) is 23.9 Å². The fourth-order valence-electron chi connectivity index (χ4n) is 3.39. The van der Waals surface area contributed by atoms with Gasteiger partial charge in [0.15, 0.2) is 0 Å². The molecule has 8 heteroatoms. The van der Waals surface area contributed by atoms with Gasteiger partial charge in [0.05, 0.1) is 17.7 Å². The Morgan fingerprint density at radius 2 is 1.71 bits per heavy atom. The van der Waals surface area contributed by atoms with E-state index in [1.54, 1.807) is 23.7 Å². The monoisotopic (exact) mass is 398 g/mol. The quantitative estimate of drug-likeness (QED) is 0.520. The molecule has 0 saturated carbocycles. The third-order valence-corrected chi connectivity index (χ3v) is 6.75. The SMILES string of the molecule is O=C(NO)C1Cc2ccoc2CN1S(=O)(=O)c1ccc(-c2ccccc2)cc1. The van der Waals surface area contributed by atoms with Gasteiger partial charge in [0.1, 0.15) is 11.8 Å². The van der Waals surface area contributed by atoms with Crippen LogP contribution < -0.4 is 5.48 Å². The minimum absolute atomic E-state index is 0.0675. The van der Waals surface area contributed by atoms with Gasteiger partial charge < -0.3 is 4.42 Å². The maximum absolute atomic E-state index is 13.2. The highest BCUT2D eigenvalue weighted by Gasteiger charge is 2.40. The Kier molecular flexibility index (Phi) is 4.76. The van der Waals surface area contributed by atoms with E-state index in [1.165, 1.54) is 18.4 Å². The van der Waals surface area contributed by atoms with E-state index < -0.39 is 22.0 Å². The van der Waals surface area contributed by atoms with E-state index in [2.05, 4.69) is 0 Å². The summed E-state index contributed by atoms with van der Waals surface area (Å²) in [6, 6.07) is 16.7. The van der Waals surface area contributed by atoms with Gasteiger partial charge in [-0.05, 0) is 34.9 Å². The fraction of sp³-hybridized carbons (Fsp3) is 0.150. The normalized spacial score (nSPS) is 17.1. The van der Waals surface area contributed by atoms with Gasteiger partial charge in [-0.25, -0.2) is 13.9 Å². The van der Waals surface area contributed by atoms with Gasteiger partial charge in [0.25, 0.3) is 5.91 Å². The molecule has 0 fully saturated rings. The van der Waals surface area contributed by atoms with Gasteiger partial charge in [-0.1, -0.05) is 42.5 Å². The summed E-state index contributed by atoms with van der Waals surface area (Å²) in [5, 5.41) is 9.06. The number of hydroxylamine groups is 1. The molecule has 2 aromatic carbocycles. The summed E-state index contributed by atoms with van der Waals surface area (Å²) in [5.41, 5.74) is 4.18. The van der Waals surface area contributed by atoms with Crippen LogP contribution in [0.3, 0.4) is 0 Å². The summed E-state index contributed by atoms with van der Waals surface area (Å²) in [6.45, 7) is -0.0802. The number of carbonyl (C=O) groups is 1. The number of benzene rings is 2. The van der Waals surface area contributed by atoms with Crippen molar-refractivity contribution in [2.75, 3.05) is 0 Å². The number of hydrogen-bond donors (Lipinski definition) is 2. The molecule has 1 aromatic heterocycles. The number of nitrogens with one attached hydrogen (secondary N) is 1. The summed E-state index contributed by atoms with van der Waals surface area (Å²) in [6.07, 6.45) is 1.59. The first-order chi connectivity index (χ1) is 13.5. The maximum atomic E-state index is 13.2. The summed E-state index contributed by atoms with van der Waals surface area (Å²) in [4.78, 5) is 12.2. The Hall–Kier alpha value is -2.94. The van der Waals surface area contributed by atoms with Crippen molar-refractivity contribution in [2.24, 2.45) is 0 Å². The molecule has 1 atom stereocenters. The predicted octanol–water partition coefficient (Wildman–Crippen LogP) is 2.57. The van der Waals surface area contributed by atoms with Crippen LogP contribution in [0.4, 0.5) is 0 Å². The maximum Gasteiger partial charge on any atom is 0.262 e. The second-order valence-electron chi connectivity index (χ2n) is 6.51. The highest BCUT2D eigenvalue weighted by Crippen LogP contribution is 2.30. The standard InChI is InChI=1S/C20H18N2O5S/c23-20(21-24)18-12-16-10-11-27-19(16)13-22(18)28(25,26)17-8-6-15(7-9-17)14-4-2-1-3-5-14/h1-11,18,24H,12-13H2,(H,21,23). The molecule has 2 N–H and O–H groups in total. The summed E-state index contributed by atoms with van der Waals surface area (Å²) >= 11 is 0. The van der Waals surface area contributed by atoms with Gasteiger partial charge in [-0.2, -0.15) is 4.31 Å². The van der Waals surface area contributed by atoms with Crippen molar-refractivity contribution in [1.29, 1.82) is 0 Å². The van der Waals surface area contributed by atoms with E-state index in [-0.39, 0.29) is 17.9 Å². The number of carbonyl (C=O) groups excluding carboxylic acids is 1. The molecule has 7 nitrogen and oxygen atoms in total. The molecule has 3 aromatic rings. The Morgan fingerprint density at radius 1 is 1.04 bits per heavy atom. The van der Waals surface area contributed by atoms with Crippen molar-refractivity contribution in [1.82, 2.24) is 9.79 Å². The summed E-state index contributed by atoms with van der Waals surface area (Å²) in [5.74, 6) is -0.289. The molecule has 144 valence electrons. The lowest BCUT2D eigenvalue weighted by Gasteiger charge is -2.32. The van der Waals surface area contributed by atoms with Gasteiger partial charge in [-0.3, -0.25) is 10.0 Å². The van der Waals surface area contributed by atoms with Crippen LogP contribution in [0.5, 0.6) is 0 Å². The number of furan rings is 1. The van der Waals surface area contributed by atoms with Crippen LogP contribution in [0.15, 0.2) is 76.2 Å². The van der Waals surface area contributed by atoms with Crippen LogP contribution in [0.1, 0.15) is 11.3 Å². The Labute approximate surface area is 162 Å². The van der Waals surface area contributed by atoms with Crippen molar-refractivity contribution in [3.8, 4) is 11.1 Å². The second-order valence-corrected chi connectivity index (χ2v) is 8.40. The molecule has 4 rings (SSSR count). The average molecular weight is 398 g/mol. The topological polar surface area (TPSA) is 99.8 Å². The van der Waals surface area contributed by atoms with E-state index in [4.69, 9.17) is 9.62 Å². The van der Waals surface area contributed by atoms with E-state index in [9.17, 15) is 13.2 Å². The molecule has 0 aliphatic carbocycles. The number of rotatable bonds is 4. The minimum atomic E-state index is -3.98. The predicted molar refractivity (Wildman–Crippen MR) is 101 cm³/mol. The molecule has 28 heavy (non-hydrogen) atoms. The zero-order chi connectivity index (χ0) is 19.7. The zero-order valence-corrected chi connectivity index (χ0v) is 15.6. The number of amides is 1. The molecule has 2 heterocycles. The van der Waals surface area contributed by atoms with Crippen LogP contribution in [0.2, 0.25) is 0 Å². The minimum Gasteiger partial charge on any atom is -0.468 e. The third-order valence-electron chi connectivity index (χ3n) is 4.88. The van der Waals surface area contributed by atoms with Crippen molar-refractivity contribution >= 4 is 15.9 Å². The van der Waals surface area contributed by atoms with Crippen LogP contribution in [-0.4, -0.2) is 29.9 Å². The lowest BCUT2D eigenvalue weighted by atomic mass is 10.0. The first-order valence-electron chi connectivity index (χ1n) is 8.67. The third kappa shape index (κ3) is 3.22.